The first-order chi connectivity index (χ1) is 15.2. The molecule has 0 bridgehead atoms. The van der Waals surface area contributed by atoms with Crippen LogP contribution in [0.5, 0.6) is 0 Å². The Balaban J connectivity index is 1.92. The first kappa shape index (κ1) is 21.1. The largest absolute Gasteiger partial charge is 0.468 e. The van der Waals surface area contributed by atoms with Crippen LogP contribution in [0.3, 0.4) is 0 Å². The number of para-hydroxylation sites is 1. The number of amides is 2. The van der Waals surface area contributed by atoms with E-state index in [0.29, 0.717) is 28.0 Å². The quantitative estimate of drug-likeness (QED) is 0.612. The molecule has 3 atom stereocenters. The van der Waals surface area contributed by atoms with Crippen LogP contribution in [0.25, 0.3) is 0 Å². The molecule has 2 amide bonds. The van der Waals surface area contributed by atoms with Gasteiger partial charge in [0.2, 0.25) is 0 Å². The van der Waals surface area contributed by atoms with E-state index in [1.807, 2.05) is 0 Å². The highest BCUT2D eigenvalue weighted by molar-refractivity contribution is 9.10. The molecular formula is C23H22BrN3O5. The van der Waals surface area contributed by atoms with Crippen LogP contribution in [0.1, 0.15) is 17.5 Å². The van der Waals surface area contributed by atoms with Gasteiger partial charge in [-0.1, -0.05) is 34.1 Å². The van der Waals surface area contributed by atoms with E-state index < -0.39 is 34.3 Å². The number of methoxy groups -OCH3 is 1. The Morgan fingerprint density at radius 3 is 2.59 bits per heavy atom. The number of halogens is 1. The number of hydrogen-bond acceptors (Lipinski definition) is 6. The van der Waals surface area contributed by atoms with Crippen LogP contribution in [0.15, 0.2) is 46.9 Å². The lowest BCUT2D eigenvalue weighted by Crippen LogP contribution is -2.68. The summed E-state index contributed by atoms with van der Waals surface area (Å²) in [5.41, 5.74) is -4.12. The molecule has 2 aromatic rings. The van der Waals surface area contributed by atoms with Gasteiger partial charge in [-0.25, -0.2) is 0 Å². The lowest BCUT2D eigenvalue weighted by atomic mass is 9.56. The predicted molar refractivity (Wildman–Crippen MR) is 120 cm³/mol. The van der Waals surface area contributed by atoms with Crippen LogP contribution in [0.2, 0.25) is 0 Å². The molecule has 166 valence electrons. The molecule has 32 heavy (non-hydrogen) atoms. The van der Waals surface area contributed by atoms with Gasteiger partial charge in [0, 0.05) is 40.6 Å². The SMILES string of the molecule is COC(=O)C1(C2(O)C(=O)Nc3ccc(Br)cc32)CCN(C)C12C(=O)N(C)c1ccccc12. The maximum atomic E-state index is 14.0. The smallest absolute Gasteiger partial charge is 0.318 e. The Labute approximate surface area is 193 Å². The summed E-state index contributed by atoms with van der Waals surface area (Å²) < 4.78 is 5.88. The number of nitrogens with zero attached hydrogens (tertiary/aromatic N) is 2. The average molecular weight is 500 g/mol. The van der Waals surface area contributed by atoms with E-state index in [4.69, 9.17) is 4.74 Å². The molecule has 1 fully saturated rings. The van der Waals surface area contributed by atoms with Crippen molar-refractivity contribution in [2.45, 2.75) is 17.6 Å². The number of carbonyl (C=O) groups is 3. The van der Waals surface area contributed by atoms with Gasteiger partial charge in [-0.05, 0) is 37.7 Å². The van der Waals surface area contributed by atoms with Crippen LogP contribution in [0, 0.1) is 5.41 Å². The van der Waals surface area contributed by atoms with E-state index >= 15 is 0 Å². The molecule has 9 heteroatoms. The Bertz CT molecular complexity index is 1200. The highest BCUT2D eigenvalue weighted by atomic mass is 79.9. The van der Waals surface area contributed by atoms with Crippen molar-refractivity contribution in [2.24, 2.45) is 5.41 Å². The molecule has 1 saturated heterocycles. The number of likely N-dealkylation sites (tertiary alicyclic amines) is 1. The second-order valence-electron chi connectivity index (χ2n) is 8.51. The molecule has 0 radical (unpaired) electrons. The molecule has 2 N–H and O–H groups in total. The van der Waals surface area contributed by atoms with E-state index in [1.54, 1.807) is 61.5 Å². The number of carbonyl (C=O) groups excluding carboxylic acids is 3. The Morgan fingerprint density at radius 1 is 1.16 bits per heavy atom. The normalized spacial score (nSPS) is 31.1. The van der Waals surface area contributed by atoms with Crippen LogP contribution in [-0.2, 0) is 30.3 Å². The minimum atomic E-state index is -2.35. The third-order valence-electron chi connectivity index (χ3n) is 7.38. The molecule has 2 aromatic carbocycles. The van der Waals surface area contributed by atoms with E-state index in [0.717, 1.165) is 0 Å². The van der Waals surface area contributed by atoms with Crippen molar-refractivity contribution in [3.05, 3.63) is 58.1 Å². The third-order valence-corrected chi connectivity index (χ3v) is 7.87. The summed E-state index contributed by atoms with van der Waals surface area (Å²) in [5.74, 6) is -1.97. The highest BCUT2D eigenvalue weighted by Crippen LogP contribution is 2.66. The van der Waals surface area contributed by atoms with E-state index in [1.165, 1.54) is 12.0 Å². The van der Waals surface area contributed by atoms with E-state index in [9.17, 15) is 19.5 Å². The first-order valence-corrected chi connectivity index (χ1v) is 11.0. The molecular weight excluding hydrogens is 478 g/mol. The minimum absolute atomic E-state index is 0.0416. The molecule has 1 spiro atoms. The molecule has 8 nitrogen and oxygen atoms in total. The third kappa shape index (κ3) is 2.07. The number of rotatable bonds is 2. The minimum Gasteiger partial charge on any atom is -0.468 e. The number of fused-ring (bicyclic) bond motifs is 3. The maximum Gasteiger partial charge on any atom is 0.318 e. The van der Waals surface area contributed by atoms with Crippen molar-refractivity contribution in [3.8, 4) is 0 Å². The molecule has 0 aromatic heterocycles. The number of anilines is 2. The summed E-state index contributed by atoms with van der Waals surface area (Å²) in [4.78, 5) is 44.5. The Hall–Kier alpha value is -2.75. The summed E-state index contributed by atoms with van der Waals surface area (Å²) in [6.45, 7) is 0.294. The number of likely N-dealkylation sites (N-methyl/N-ethyl adjacent to an activating group) is 2. The fraction of sp³-hybridized carbons (Fsp3) is 0.348. The number of nitrogens with one attached hydrogen (secondary N) is 1. The van der Waals surface area contributed by atoms with Gasteiger partial charge in [0.05, 0.1) is 7.11 Å². The average Bonchev–Trinajstić information content (AvgIpc) is 3.33. The summed E-state index contributed by atoms with van der Waals surface area (Å²) in [7, 11) is 4.58. The molecule has 3 aliphatic heterocycles. The summed E-state index contributed by atoms with van der Waals surface area (Å²) in [6, 6.07) is 12.1. The van der Waals surface area contributed by atoms with Crippen LogP contribution in [-0.4, -0.2) is 55.5 Å². The first-order valence-electron chi connectivity index (χ1n) is 10.2. The summed E-state index contributed by atoms with van der Waals surface area (Å²) in [6.07, 6.45) is 0.0416. The topological polar surface area (TPSA) is 99.2 Å². The van der Waals surface area contributed by atoms with Gasteiger partial charge in [-0.15, -0.1) is 0 Å². The van der Waals surface area contributed by atoms with Crippen molar-refractivity contribution < 1.29 is 24.2 Å². The molecule has 0 saturated carbocycles. The fourth-order valence-electron chi connectivity index (χ4n) is 6.03. The summed E-state index contributed by atoms with van der Waals surface area (Å²) >= 11 is 3.40. The zero-order valence-electron chi connectivity index (χ0n) is 17.8. The fourth-order valence-corrected chi connectivity index (χ4v) is 6.39. The number of hydrogen-bond donors (Lipinski definition) is 2. The van der Waals surface area contributed by atoms with Crippen LogP contribution >= 0.6 is 15.9 Å². The van der Waals surface area contributed by atoms with Gasteiger partial charge in [0.15, 0.2) is 5.60 Å². The van der Waals surface area contributed by atoms with E-state index in [-0.39, 0.29) is 12.0 Å². The van der Waals surface area contributed by atoms with Crippen molar-refractivity contribution >= 4 is 45.1 Å². The van der Waals surface area contributed by atoms with Gasteiger partial charge >= 0.3 is 5.97 Å². The Morgan fingerprint density at radius 2 is 1.88 bits per heavy atom. The Kier molecular flexibility index (Phi) is 4.37. The number of esters is 1. The molecule has 3 unspecified atom stereocenters. The molecule has 3 heterocycles. The van der Waals surface area contributed by atoms with Crippen LogP contribution < -0.4 is 10.2 Å². The predicted octanol–water partition coefficient (Wildman–Crippen LogP) is 1.96. The van der Waals surface area contributed by atoms with Gasteiger partial charge in [0.25, 0.3) is 11.8 Å². The van der Waals surface area contributed by atoms with Crippen molar-refractivity contribution in [3.63, 3.8) is 0 Å². The van der Waals surface area contributed by atoms with Crippen molar-refractivity contribution in [1.82, 2.24) is 4.90 Å². The zero-order valence-corrected chi connectivity index (χ0v) is 19.4. The lowest BCUT2D eigenvalue weighted by Gasteiger charge is -2.49. The van der Waals surface area contributed by atoms with E-state index in [2.05, 4.69) is 21.2 Å². The number of aliphatic hydroxyl groups is 1. The maximum absolute atomic E-state index is 14.0. The van der Waals surface area contributed by atoms with Gasteiger partial charge in [-0.2, -0.15) is 0 Å². The van der Waals surface area contributed by atoms with Crippen molar-refractivity contribution in [2.75, 3.05) is 38.0 Å². The molecule has 3 aliphatic rings. The highest BCUT2D eigenvalue weighted by Gasteiger charge is 2.81. The van der Waals surface area contributed by atoms with Crippen LogP contribution in [0.4, 0.5) is 11.4 Å². The molecule has 5 rings (SSSR count). The van der Waals surface area contributed by atoms with Gasteiger partial charge in [-0.3, -0.25) is 19.3 Å². The second-order valence-corrected chi connectivity index (χ2v) is 9.43. The molecule has 0 aliphatic carbocycles. The van der Waals surface area contributed by atoms with Crippen molar-refractivity contribution in [1.29, 1.82) is 0 Å². The monoisotopic (exact) mass is 499 g/mol. The second kappa shape index (κ2) is 6.63. The lowest BCUT2D eigenvalue weighted by molar-refractivity contribution is -0.195. The number of ether oxygens (including phenoxy) is 1. The zero-order chi connectivity index (χ0) is 23.1. The van der Waals surface area contributed by atoms with Gasteiger partial charge < -0.3 is 20.1 Å². The van der Waals surface area contributed by atoms with Gasteiger partial charge in [0.1, 0.15) is 11.0 Å². The standard InChI is InChI=1S/C23H22BrN3O5/c1-26-11-10-21(20(30)32-3,22(26)14-6-4-5-7-17(14)27(2)19(22)29)23(31)15-12-13(24)8-9-16(15)25-18(23)28/h4-9,12,31H,10-11H2,1-3H3,(H,25,28). The number of benzene rings is 2. The summed E-state index contributed by atoms with van der Waals surface area (Å²) in [5, 5.41) is 15.0.